The minimum Gasteiger partial charge on any atom is -0.495 e. The summed E-state index contributed by atoms with van der Waals surface area (Å²) in [5, 5.41) is 0. The van der Waals surface area contributed by atoms with Gasteiger partial charge < -0.3 is 18.9 Å². The third-order valence-electron chi connectivity index (χ3n) is 6.04. The molecule has 0 unspecified atom stereocenters. The molecule has 1 aromatic heterocycles. The van der Waals surface area contributed by atoms with Crippen molar-refractivity contribution in [1.82, 2.24) is 14.5 Å². The van der Waals surface area contributed by atoms with Gasteiger partial charge in [-0.1, -0.05) is 12.1 Å². The van der Waals surface area contributed by atoms with E-state index in [-0.39, 0.29) is 17.7 Å². The van der Waals surface area contributed by atoms with E-state index in [9.17, 15) is 9.18 Å². The number of likely N-dealkylation sites (tertiary alicyclic amines) is 1. The third-order valence-corrected chi connectivity index (χ3v) is 6.04. The predicted molar refractivity (Wildman–Crippen MR) is 125 cm³/mol. The Balaban J connectivity index is 1.58. The van der Waals surface area contributed by atoms with Crippen molar-refractivity contribution in [2.24, 2.45) is 0 Å². The highest BCUT2D eigenvalue weighted by Crippen LogP contribution is 2.32. The van der Waals surface area contributed by atoms with Gasteiger partial charge in [-0.3, -0.25) is 4.79 Å². The third kappa shape index (κ3) is 4.62. The average molecular weight is 450 g/mol. The summed E-state index contributed by atoms with van der Waals surface area (Å²) in [6, 6.07) is 10.4. The van der Waals surface area contributed by atoms with Crippen molar-refractivity contribution in [1.29, 1.82) is 0 Å². The molecule has 3 aromatic rings. The van der Waals surface area contributed by atoms with Crippen LogP contribution in [0.15, 0.2) is 54.5 Å². The van der Waals surface area contributed by atoms with Gasteiger partial charge in [0.05, 0.1) is 38.0 Å². The number of nitrogens with zero attached hydrogens (tertiary/aromatic N) is 3. The molecule has 1 amide bonds. The Morgan fingerprint density at radius 1 is 1.12 bits per heavy atom. The molecule has 0 aliphatic carbocycles. The molecule has 33 heavy (non-hydrogen) atoms. The fourth-order valence-electron chi connectivity index (χ4n) is 4.21. The number of ether oxygens (including phenoxy) is 2. The first kappa shape index (κ1) is 22.6. The van der Waals surface area contributed by atoms with Crippen LogP contribution in [0.5, 0.6) is 11.5 Å². The maximum atomic E-state index is 14.2. The van der Waals surface area contributed by atoms with Crippen LogP contribution >= 0.6 is 0 Å². The number of hydrogen-bond acceptors (Lipinski definition) is 4. The lowest BCUT2D eigenvalue weighted by molar-refractivity contribution is -0.130. The number of halogens is 1. The lowest BCUT2D eigenvalue weighted by Gasteiger charge is -2.34. The number of rotatable bonds is 6. The number of amides is 1. The summed E-state index contributed by atoms with van der Waals surface area (Å²) in [7, 11) is 3.06. The molecule has 7 heteroatoms. The van der Waals surface area contributed by atoms with Crippen molar-refractivity contribution in [3.63, 3.8) is 0 Å². The molecule has 1 fully saturated rings. The van der Waals surface area contributed by atoms with Crippen molar-refractivity contribution < 1.29 is 18.7 Å². The number of methoxy groups -OCH3 is 2. The Hall–Kier alpha value is -3.61. The zero-order valence-electron chi connectivity index (χ0n) is 19.3. The van der Waals surface area contributed by atoms with Crippen LogP contribution in [0.4, 0.5) is 4.39 Å². The molecule has 2 aromatic carbocycles. The van der Waals surface area contributed by atoms with E-state index in [0.717, 1.165) is 34.5 Å². The van der Waals surface area contributed by atoms with Gasteiger partial charge in [0, 0.05) is 18.3 Å². The second kappa shape index (κ2) is 9.48. The van der Waals surface area contributed by atoms with E-state index < -0.39 is 5.82 Å². The Kier molecular flexibility index (Phi) is 6.49. The second-order valence-corrected chi connectivity index (χ2v) is 8.20. The number of aryl methyl sites for hydroxylation is 1. The Morgan fingerprint density at radius 3 is 2.58 bits per heavy atom. The van der Waals surface area contributed by atoms with Crippen molar-refractivity contribution in [3.8, 4) is 17.2 Å². The summed E-state index contributed by atoms with van der Waals surface area (Å²) in [5.74, 6) is 0.435. The summed E-state index contributed by atoms with van der Waals surface area (Å²) in [4.78, 5) is 19.4. The zero-order valence-corrected chi connectivity index (χ0v) is 19.3. The highest BCUT2D eigenvalue weighted by molar-refractivity contribution is 5.98. The average Bonchev–Trinajstić information content (AvgIpc) is 3.25. The molecule has 1 atom stereocenters. The first-order chi connectivity index (χ1) is 15.9. The lowest BCUT2D eigenvalue weighted by atomic mass is 9.97. The largest absolute Gasteiger partial charge is 0.495 e. The van der Waals surface area contributed by atoms with Gasteiger partial charge in [-0.05, 0) is 68.2 Å². The first-order valence-corrected chi connectivity index (χ1v) is 10.9. The van der Waals surface area contributed by atoms with Crippen LogP contribution in [-0.4, -0.2) is 41.1 Å². The summed E-state index contributed by atoms with van der Waals surface area (Å²) in [6.45, 7) is 4.49. The molecule has 0 bridgehead atoms. The molecule has 0 saturated carbocycles. The number of hydrogen-bond donors (Lipinski definition) is 0. The number of aromatic nitrogens is 2. The van der Waals surface area contributed by atoms with E-state index in [2.05, 4.69) is 4.98 Å². The molecule has 172 valence electrons. The minimum atomic E-state index is -0.428. The molecule has 1 aliphatic heterocycles. The quantitative estimate of drug-likeness (QED) is 0.491. The van der Waals surface area contributed by atoms with Gasteiger partial charge in [-0.25, -0.2) is 9.37 Å². The van der Waals surface area contributed by atoms with Gasteiger partial charge in [-0.2, -0.15) is 0 Å². The molecule has 4 rings (SSSR count). The van der Waals surface area contributed by atoms with Gasteiger partial charge in [0.25, 0.3) is 0 Å². The number of piperidine rings is 1. The topological polar surface area (TPSA) is 56.6 Å². The van der Waals surface area contributed by atoms with E-state index in [0.29, 0.717) is 18.7 Å². The minimum absolute atomic E-state index is 0.0294. The van der Waals surface area contributed by atoms with E-state index in [4.69, 9.17) is 9.47 Å². The summed E-state index contributed by atoms with van der Waals surface area (Å²) in [6.07, 6.45) is 7.15. The zero-order chi connectivity index (χ0) is 23.5. The van der Waals surface area contributed by atoms with Crippen LogP contribution in [0.3, 0.4) is 0 Å². The van der Waals surface area contributed by atoms with Gasteiger partial charge in [0.15, 0.2) is 11.6 Å². The van der Waals surface area contributed by atoms with E-state index in [1.165, 1.54) is 13.2 Å². The van der Waals surface area contributed by atoms with Crippen LogP contribution in [0.25, 0.3) is 11.8 Å². The molecule has 6 nitrogen and oxygen atoms in total. The Bertz CT molecular complexity index is 1200. The summed E-state index contributed by atoms with van der Waals surface area (Å²) in [5.41, 5.74) is 4.16. The second-order valence-electron chi connectivity index (χ2n) is 8.20. The molecular formula is C26H28FN3O3. The van der Waals surface area contributed by atoms with Crippen molar-refractivity contribution in [3.05, 3.63) is 77.1 Å². The molecule has 0 N–H and O–H groups in total. The predicted octanol–water partition coefficient (Wildman–Crippen LogP) is 5.10. The van der Waals surface area contributed by atoms with Gasteiger partial charge in [0.2, 0.25) is 5.91 Å². The van der Waals surface area contributed by atoms with Crippen LogP contribution in [0, 0.1) is 12.7 Å². The van der Waals surface area contributed by atoms with Gasteiger partial charge in [-0.15, -0.1) is 0 Å². The fraction of sp³-hybridized carbons (Fsp3) is 0.308. The number of imidazole rings is 1. The maximum absolute atomic E-state index is 14.2. The van der Waals surface area contributed by atoms with Crippen LogP contribution < -0.4 is 9.47 Å². The summed E-state index contributed by atoms with van der Waals surface area (Å²) < 4.78 is 26.7. The summed E-state index contributed by atoms with van der Waals surface area (Å²) >= 11 is 0. The highest BCUT2D eigenvalue weighted by Gasteiger charge is 2.28. The van der Waals surface area contributed by atoms with Crippen LogP contribution in [-0.2, 0) is 4.79 Å². The first-order valence-electron chi connectivity index (χ1n) is 10.9. The standard InChI is InChI=1S/C26H28FN3O3/c1-17-15-29(16-28-17)23-9-7-19(13-25(23)33-4)12-21-6-5-11-30(26(21)31)18(2)20-8-10-24(32-3)22(27)14-20/h7-10,12-16,18H,5-6,11H2,1-4H3/b21-12+/t18-/m0/s1. The molecule has 1 saturated heterocycles. The highest BCUT2D eigenvalue weighted by atomic mass is 19.1. The van der Waals surface area contributed by atoms with Gasteiger partial charge >= 0.3 is 0 Å². The Labute approximate surface area is 193 Å². The SMILES string of the molecule is COc1ccc([C@H](C)N2CCC/C(=C\c3ccc(-n4cnc(C)c4)c(OC)c3)C2=O)cc1F. The van der Waals surface area contributed by atoms with Crippen molar-refractivity contribution >= 4 is 12.0 Å². The number of carbonyl (C=O) groups is 1. The Morgan fingerprint density at radius 2 is 1.91 bits per heavy atom. The number of benzene rings is 2. The van der Waals surface area contributed by atoms with Crippen molar-refractivity contribution in [2.75, 3.05) is 20.8 Å². The van der Waals surface area contributed by atoms with Crippen molar-refractivity contribution in [2.45, 2.75) is 32.7 Å². The van der Waals surface area contributed by atoms with Crippen LogP contribution in [0.2, 0.25) is 0 Å². The molecular weight excluding hydrogens is 421 g/mol. The molecule has 0 spiro atoms. The monoisotopic (exact) mass is 449 g/mol. The number of carbonyl (C=O) groups excluding carboxylic acids is 1. The lowest BCUT2D eigenvalue weighted by Crippen LogP contribution is -2.38. The van der Waals surface area contributed by atoms with Crippen LogP contribution in [0.1, 0.15) is 42.6 Å². The molecule has 2 heterocycles. The molecule has 0 radical (unpaired) electrons. The van der Waals surface area contributed by atoms with E-state index in [1.807, 2.05) is 48.9 Å². The molecule has 1 aliphatic rings. The van der Waals surface area contributed by atoms with Gasteiger partial charge in [0.1, 0.15) is 5.75 Å². The normalized spacial score (nSPS) is 16.2. The maximum Gasteiger partial charge on any atom is 0.250 e. The van der Waals surface area contributed by atoms with E-state index >= 15 is 0 Å². The van der Waals surface area contributed by atoms with E-state index in [1.54, 1.807) is 30.5 Å². The smallest absolute Gasteiger partial charge is 0.250 e. The fourth-order valence-corrected chi connectivity index (χ4v) is 4.21.